The lowest BCUT2D eigenvalue weighted by Crippen LogP contribution is -2.58. The molecule has 2 aromatic carbocycles. The van der Waals surface area contributed by atoms with Gasteiger partial charge in [0.15, 0.2) is 0 Å². The summed E-state index contributed by atoms with van der Waals surface area (Å²) in [5, 5.41) is 10.1. The third-order valence-corrected chi connectivity index (χ3v) is 8.14. The maximum Gasteiger partial charge on any atom is 0.267 e. The van der Waals surface area contributed by atoms with Crippen LogP contribution in [0.2, 0.25) is 0 Å². The first-order valence-electron chi connectivity index (χ1n) is 13.5. The fraction of sp³-hybridized carbons (Fsp3) is 0.400. The van der Waals surface area contributed by atoms with Gasteiger partial charge in [0, 0.05) is 43.9 Å². The number of carbonyl (C=O) groups is 2. The Bertz CT molecular complexity index is 1420. The van der Waals surface area contributed by atoms with Crippen LogP contribution in [0.15, 0.2) is 53.3 Å². The van der Waals surface area contributed by atoms with Crippen molar-refractivity contribution in [2.45, 2.75) is 51.5 Å². The van der Waals surface area contributed by atoms with Crippen LogP contribution in [-0.2, 0) is 11.2 Å². The van der Waals surface area contributed by atoms with E-state index in [2.05, 4.69) is 15.5 Å². The first kappa shape index (κ1) is 26.6. The monoisotopic (exact) mass is 531 g/mol. The Morgan fingerprint density at radius 2 is 1.64 bits per heavy atom. The number of nitrogens with zero attached hydrogens (tertiary/aromatic N) is 3. The molecule has 8 nitrogen and oxygen atoms in total. The maximum atomic E-state index is 14.8. The van der Waals surface area contributed by atoms with Crippen LogP contribution < -0.4 is 10.9 Å². The van der Waals surface area contributed by atoms with Crippen molar-refractivity contribution >= 4 is 17.5 Å². The molecular weight excluding hydrogens is 497 g/mol. The molecule has 1 saturated heterocycles. The van der Waals surface area contributed by atoms with Gasteiger partial charge in [0.1, 0.15) is 11.4 Å². The van der Waals surface area contributed by atoms with Crippen LogP contribution in [0, 0.1) is 19.7 Å². The van der Waals surface area contributed by atoms with Crippen molar-refractivity contribution in [1.82, 2.24) is 20.0 Å². The van der Waals surface area contributed by atoms with E-state index in [1.807, 2.05) is 42.2 Å². The largest absolute Gasteiger partial charge is 0.371 e. The summed E-state index contributed by atoms with van der Waals surface area (Å²) in [6, 6.07) is 14.3. The van der Waals surface area contributed by atoms with E-state index in [1.165, 1.54) is 6.07 Å². The van der Waals surface area contributed by atoms with Gasteiger partial charge in [0.2, 0.25) is 5.91 Å². The molecule has 1 aliphatic carbocycles. The Labute approximate surface area is 227 Å². The molecule has 0 atom stereocenters. The molecule has 0 radical (unpaired) electrons. The van der Waals surface area contributed by atoms with Gasteiger partial charge >= 0.3 is 0 Å². The average Bonchev–Trinajstić information content (AvgIpc) is 3.43. The van der Waals surface area contributed by atoms with Crippen LogP contribution in [0.4, 0.5) is 10.1 Å². The zero-order valence-electron chi connectivity index (χ0n) is 22.4. The molecular formula is C30H34FN5O3. The Morgan fingerprint density at radius 3 is 2.33 bits per heavy atom. The highest BCUT2D eigenvalue weighted by atomic mass is 19.1. The summed E-state index contributed by atoms with van der Waals surface area (Å²) in [7, 11) is 0. The molecule has 2 amide bonds. The lowest BCUT2D eigenvalue weighted by atomic mass is 9.94. The van der Waals surface area contributed by atoms with Crippen LogP contribution in [0.3, 0.4) is 0 Å². The summed E-state index contributed by atoms with van der Waals surface area (Å²) in [5.41, 5.74) is 2.84. The third-order valence-electron chi connectivity index (χ3n) is 8.14. The number of aromatic nitrogens is 2. The van der Waals surface area contributed by atoms with Gasteiger partial charge in [-0.2, -0.15) is 5.10 Å². The Morgan fingerprint density at radius 1 is 0.974 bits per heavy atom. The summed E-state index contributed by atoms with van der Waals surface area (Å²) in [4.78, 5) is 42.3. The second-order valence-corrected chi connectivity index (χ2v) is 10.6. The molecule has 2 N–H and O–H groups in total. The molecule has 1 saturated carbocycles. The van der Waals surface area contributed by atoms with Crippen LogP contribution >= 0.6 is 0 Å². The predicted octanol–water partition coefficient (Wildman–Crippen LogP) is 3.83. The maximum absolute atomic E-state index is 14.8. The molecule has 1 aromatic heterocycles. The minimum atomic E-state index is -0.625. The van der Waals surface area contributed by atoms with Gasteiger partial charge in [-0.25, -0.2) is 9.49 Å². The van der Waals surface area contributed by atoms with Crippen molar-refractivity contribution in [2.75, 3.05) is 31.5 Å². The molecule has 2 heterocycles. The van der Waals surface area contributed by atoms with Crippen LogP contribution in [0.25, 0.3) is 0 Å². The number of anilines is 1. The van der Waals surface area contributed by atoms with E-state index in [1.54, 1.807) is 24.0 Å². The lowest BCUT2D eigenvalue weighted by molar-refractivity contribution is -0.137. The molecule has 3 aromatic rings. The first-order chi connectivity index (χ1) is 18.8. The van der Waals surface area contributed by atoms with E-state index >= 15 is 0 Å². The number of hydrogen-bond donors (Lipinski definition) is 2. The SMILES string of the molecule is Cc1c(Cc2ccc(F)c(C(=O)N3CCN(C(=O)C4(Nc5ccccc5)CCCC4)CC3)c2)n[nH]c(=O)c1C. The van der Waals surface area contributed by atoms with E-state index in [9.17, 15) is 18.8 Å². The zero-order valence-corrected chi connectivity index (χ0v) is 22.4. The lowest BCUT2D eigenvalue weighted by Gasteiger charge is -2.40. The van der Waals surface area contributed by atoms with Gasteiger partial charge in [0.25, 0.3) is 11.5 Å². The number of aromatic amines is 1. The molecule has 2 fully saturated rings. The van der Waals surface area contributed by atoms with Gasteiger partial charge in [-0.3, -0.25) is 14.4 Å². The van der Waals surface area contributed by atoms with Crippen LogP contribution in [0.5, 0.6) is 0 Å². The molecule has 5 rings (SSSR count). The second-order valence-electron chi connectivity index (χ2n) is 10.6. The van der Waals surface area contributed by atoms with E-state index < -0.39 is 11.4 Å². The van der Waals surface area contributed by atoms with Gasteiger partial charge in [-0.1, -0.05) is 37.1 Å². The molecule has 2 aliphatic rings. The second kappa shape index (κ2) is 11.0. The molecule has 9 heteroatoms. The molecule has 1 aliphatic heterocycles. The number of benzene rings is 2. The number of rotatable bonds is 6. The average molecular weight is 532 g/mol. The van der Waals surface area contributed by atoms with Gasteiger partial charge in [-0.05, 0) is 62.1 Å². The number of amides is 2. The highest BCUT2D eigenvalue weighted by molar-refractivity contribution is 5.95. The summed E-state index contributed by atoms with van der Waals surface area (Å²) in [5.74, 6) is -0.897. The smallest absolute Gasteiger partial charge is 0.267 e. The molecule has 0 spiro atoms. The van der Waals surface area contributed by atoms with E-state index in [0.29, 0.717) is 43.9 Å². The Balaban J connectivity index is 1.26. The van der Waals surface area contributed by atoms with Crippen molar-refractivity contribution in [2.24, 2.45) is 0 Å². The van der Waals surface area contributed by atoms with Crippen LogP contribution in [-0.4, -0.2) is 63.5 Å². The Hall–Kier alpha value is -4.01. The van der Waals surface area contributed by atoms with Gasteiger partial charge < -0.3 is 15.1 Å². The third kappa shape index (κ3) is 5.44. The van der Waals surface area contributed by atoms with E-state index in [4.69, 9.17) is 0 Å². The Kier molecular flexibility index (Phi) is 7.50. The minimum Gasteiger partial charge on any atom is -0.371 e. The van der Waals surface area contributed by atoms with Crippen molar-refractivity contribution in [3.8, 4) is 0 Å². The zero-order chi connectivity index (χ0) is 27.6. The summed E-state index contributed by atoms with van der Waals surface area (Å²) in [6.07, 6.45) is 3.91. The number of halogens is 1. The number of piperazine rings is 1. The standard InChI is InChI=1S/C30H34FN5O3/c1-20-21(2)27(37)34-33-26(20)19-22-10-11-25(31)24(18-22)28(38)35-14-16-36(17-15-35)29(39)30(12-6-7-13-30)32-23-8-4-3-5-9-23/h3-5,8-11,18,32H,6-7,12-17,19H2,1-2H3,(H,34,37). The summed E-state index contributed by atoms with van der Waals surface area (Å²) >= 11 is 0. The van der Waals surface area contributed by atoms with E-state index in [0.717, 1.165) is 42.5 Å². The van der Waals surface area contributed by atoms with Gasteiger partial charge in [0.05, 0.1) is 11.3 Å². The number of hydrogen-bond acceptors (Lipinski definition) is 5. The highest BCUT2D eigenvalue weighted by Crippen LogP contribution is 2.35. The number of para-hydroxylation sites is 1. The minimum absolute atomic E-state index is 0.00378. The quantitative estimate of drug-likeness (QED) is 0.504. The number of carbonyl (C=O) groups excluding carboxylic acids is 2. The topological polar surface area (TPSA) is 98.4 Å². The highest BCUT2D eigenvalue weighted by Gasteiger charge is 2.44. The normalized spacial score (nSPS) is 16.8. The summed E-state index contributed by atoms with van der Waals surface area (Å²) < 4.78 is 14.8. The number of nitrogens with one attached hydrogen (secondary N) is 2. The van der Waals surface area contributed by atoms with E-state index in [-0.39, 0.29) is 22.9 Å². The van der Waals surface area contributed by atoms with Crippen LogP contribution in [0.1, 0.15) is 58.4 Å². The van der Waals surface area contributed by atoms with Crippen molar-refractivity contribution in [3.63, 3.8) is 0 Å². The molecule has 204 valence electrons. The summed E-state index contributed by atoms with van der Waals surface area (Å²) in [6.45, 7) is 5.06. The van der Waals surface area contributed by atoms with Crippen molar-refractivity contribution in [3.05, 3.63) is 92.6 Å². The first-order valence-corrected chi connectivity index (χ1v) is 13.5. The van der Waals surface area contributed by atoms with Gasteiger partial charge in [-0.15, -0.1) is 0 Å². The fourth-order valence-electron chi connectivity index (χ4n) is 5.64. The van der Waals surface area contributed by atoms with Crippen molar-refractivity contribution in [1.29, 1.82) is 0 Å². The fourth-order valence-corrected chi connectivity index (χ4v) is 5.64. The predicted molar refractivity (Wildman–Crippen MR) is 147 cm³/mol. The number of H-pyrrole nitrogens is 1. The molecule has 0 unspecified atom stereocenters. The van der Waals surface area contributed by atoms with Crippen molar-refractivity contribution < 1.29 is 14.0 Å². The molecule has 0 bridgehead atoms. The molecule has 39 heavy (non-hydrogen) atoms.